The molecular formula is C15H16N2OS. The second kappa shape index (κ2) is 5.13. The number of aryl methyl sites for hydroxylation is 1. The highest BCUT2D eigenvalue weighted by molar-refractivity contribution is 7.71. The van der Waals surface area contributed by atoms with Crippen molar-refractivity contribution in [2.24, 2.45) is 0 Å². The lowest BCUT2D eigenvalue weighted by Crippen LogP contribution is -2.08. The van der Waals surface area contributed by atoms with Crippen LogP contribution in [0.3, 0.4) is 0 Å². The molecule has 0 amide bonds. The first-order valence-electron chi connectivity index (χ1n) is 6.54. The fraction of sp³-hybridized carbons (Fsp3) is 0.333. The molecule has 1 aliphatic rings. The summed E-state index contributed by atoms with van der Waals surface area (Å²) in [5.41, 5.74) is 3.50. The van der Waals surface area contributed by atoms with E-state index in [1.54, 1.807) is 7.11 Å². The van der Waals surface area contributed by atoms with Gasteiger partial charge in [0.05, 0.1) is 7.11 Å². The minimum atomic E-state index is 0.742. The molecule has 3 rings (SSSR count). The van der Waals surface area contributed by atoms with Crippen LogP contribution in [-0.4, -0.2) is 17.1 Å². The number of fused-ring (bicyclic) bond motifs is 1. The van der Waals surface area contributed by atoms with Crippen molar-refractivity contribution in [2.75, 3.05) is 7.11 Å². The lowest BCUT2D eigenvalue weighted by molar-refractivity contribution is 0.415. The molecule has 0 aliphatic heterocycles. The van der Waals surface area contributed by atoms with Crippen molar-refractivity contribution in [3.05, 3.63) is 40.2 Å². The molecule has 4 heteroatoms. The van der Waals surface area contributed by atoms with E-state index in [0.717, 1.165) is 34.6 Å². The summed E-state index contributed by atoms with van der Waals surface area (Å²) in [6, 6.07) is 7.89. The molecule has 0 saturated heterocycles. The number of nitrogens with zero attached hydrogens (tertiary/aromatic N) is 1. The normalized spacial score (nSPS) is 13.9. The minimum absolute atomic E-state index is 0.742. The van der Waals surface area contributed by atoms with Gasteiger partial charge in [-0.1, -0.05) is 24.4 Å². The molecule has 1 aliphatic carbocycles. The number of hydrogen-bond acceptors (Lipinski definition) is 3. The van der Waals surface area contributed by atoms with Crippen molar-refractivity contribution in [1.29, 1.82) is 0 Å². The van der Waals surface area contributed by atoms with Crippen LogP contribution in [-0.2, 0) is 12.8 Å². The van der Waals surface area contributed by atoms with Crippen LogP contribution in [0.4, 0.5) is 0 Å². The van der Waals surface area contributed by atoms with Crippen LogP contribution >= 0.6 is 12.2 Å². The molecule has 0 saturated carbocycles. The van der Waals surface area contributed by atoms with Crippen molar-refractivity contribution in [1.82, 2.24) is 9.97 Å². The van der Waals surface area contributed by atoms with E-state index in [1.807, 2.05) is 24.3 Å². The number of nitrogens with one attached hydrogen (secondary N) is 1. The van der Waals surface area contributed by atoms with Crippen LogP contribution in [0.15, 0.2) is 24.3 Å². The number of benzene rings is 1. The molecule has 98 valence electrons. The van der Waals surface area contributed by atoms with E-state index < -0.39 is 0 Å². The van der Waals surface area contributed by atoms with E-state index in [1.165, 1.54) is 24.1 Å². The van der Waals surface area contributed by atoms with E-state index >= 15 is 0 Å². The molecule has 0 bridgehead atoms. The summed E-state index contributed by atoms with van der Waals surface area (Å²) in [4.78, 5) is 7.98. The van der Waals surface area contributed by atoms with E-state index in [-0.39, 0.29) is 0 Å². The van der Waals surface area contributed by atoms with Gasteiger partial charge in [0.25, 0.3) is 0 Å². The maximum atomic E-state index is 5.43. The quantitative estimate of drug-likeness (QED) is 0.847. The molecule has 2 aromatic rings. The predicted molar refractivity (Wildman–Crippen MR) is 78.1 cm³/mol. The third-order valence-electron chi connectivity index (χ3n) is 3.55. The monoisotopic (exact) mass is 272 g/mol. The van der Waals surface area contributed by atoms with Gasteiger partial charge in [0.2, 0.25) is 0 Å². The molecule has 0 unspecified atom stereocenters. The number of aromatic nitrogens is 2. The van der Waals surface area contributed by atoms with Gasteiger partial charge in [0.1, 0.15) is 16.2 Å². The van der Waals surface area contributed by atoms with Gasteiger partial charge in [0, 0.05) is 16.8 Å². The third-order valence-corrected chi connectivity index (χ3v) is 3.89. The summed E-state index contributed by atoms with van der Waals surface area (Å²) in [6.07, 6.45) is 4.55. The molecule has 1 N–H and O–H groups in total. The highest BCUT2D eigenvalue weighted by atomic mass is 32.1. The number of aromatic amines is 1. The first-order chi connectivity index (χ1) is 9.28. The molecule has 1 heterocycles. The number of methoxy groups -OCH3 is 1. The summed E-state index contributed by atoms with van der Waals surface area (Å²) in [7, 11) is 1.67. The maximum absolute atomic E-state index is 5.43. The summed E-state index contributed by atoms with van der Waals surface area (Å²) in [5, 5.41) is 0. The van der Waals surface area contributed by atoms with Gasteiger partial charge in [-0.05, 0) is 37.8 Å². The van der Waals surface area contributed by atoms with Crippen molar-refractivity contribution in [3.8, 4) is 17.1 Å². The zero-order chi connectivity index (χ0) is 13.2. The third kappa shape index (κ3) is 2.40. The van der Waals surface area contributed by atoms with E-state index in [0.29, 0.717) is 0 Å². The zero-order valence-electron chi connectivity index (χ0n) is 10.9. The highest BCUT2D eigenvalue weighted by Gasteiger charge is 2.14. The Morgan fingerprint density at radius 1 is 1.26 bits per heavy atom. The Morgan fingerprint density at radius 2 is 2.11 bits per heavy atom. The molecule has 1 aromatic heterocycles. The summed E-state index contributed by atoms with van der Waals surface area (Å²) in [5.74, 6) is 1.67. The number of ether oxygens (including phenoxy) is 1. The second-order valence-corrected chi connectivity index (χ2v) is 5.17. The van der Waals surface area contributed by atoms with Gasteiger partial charge in [0.15, 0.2) is 0 Å². The standard InChI is InChI=1S/C15H16N2OS/c1-18-11-6-4-5-10(9-11)14-16-13-8-3-2-7-12(13)15(19)17-14/h4-6,9H,2-3,7-8H2,1H3,(H,16,17,19). The molecule has 19 heavy (non-hydrogen) atoms. The van der Waals surface area contributed by atoms with Crippen LogP contribution < -0.4 is 4.74 Å². The van der Waals surface area contributed by atoms with Crippen LogP contribution in [0.25, 0.3) is 11.4 Å². The zero-order valence-corrected chi connectivity index (χ0v) is 11.7. The van der Waals surface area contributed by atoms with E-state index in [2.05, 4.69) is 9.97 Å². The van der Waals surface area contributed by atoms with Crippen LogP contribution in [0.1, 0.15) is 24.1 Å². The summed E-state index contributed by atoms with van der Waals surface area (Å²) in [6.45, 7) is 0. The minimum Gasteiger partial charge on any atom is -0.497 e. The molecule has 3 nitrogen and oxygen atoms in total. The van der Waals surface area contributed by atoms with Gasteiger partial charge in [-0.15, -0.1) is 0 Å². The lowest BCUT2D eigenvalue weighted by atomic mass is 9.97. The van der Waals surface area contributed by atoms with Gasteiger partial charge < -0.3 is 9.72 Å². The van der Waals surface area contributed by atoms with Crippen molar-refractivity contribution < 1.29 is 4.74 Å². The molecule has 1 aromatic carbocycles. The Hall–Kier alpha value is -1.68. The van der Waals surface area contributed by atoms with Crippen LogP contribution in [0.2, 0.25) is 0 Å². The van der Waals surface area contributed by atoms with Crippen LogP contribution in [0, 0.1) is 4.64 Å². The highest BCUT2D eigenvalue weighted by Crippen LogP contribution is 2.25. The Morgan fingerprint density at radius 3 is 2.95 bits per heavy atom. The lowest BCUT2D eigenvalue weighted by Gasteiger charge is -2.16. The first-order valence-corrected chi connectivity index (χ1v) is 6.95. The van der Waals surface area contributed by atoms with Gasteiger partial charge >= 0.3 is 0 Å². The number of rotatable bonds is 2. The molecule has 0 atom stereocenters. The van der Waals surface area contributed by atoms with E-state index in [4.69, 9.17) is 17.0 Å². The van der Waals surface area contributed by atoms with Crippen LogP contribution in [0.5, 0.6) is 5.75 Å². The largest absolute Gasteiger partial charge is 0.497 e. The van der Waals surface area contributed by atoms with Crippen molar-refractivity contribution in [2.45, 2.75) is 25.7 Å². The SMILES string of the molecule is COc1cccc(-c2nc(=S)c3c([nH]2)CCCC3)c1. The van der Waals surface area contributed by atoms with E-state index in [9.17, 15) is 0 Å². The Kier molecular flexibility index (Phi) is 3.34. The smallest absolute Gasteiger partial charge is 0.139 e. The van der Waals surface area contributed by atoms with Crippen molar-refractivity contribution >= 4 is 12.2 Å². The predicted octanol–water partition coefficient (Wildman–Crippen LogP) is 3.69. The topological polar surface area (TPSA) is 37.9 Å². The summed E-state index contributed by atoms with van der Waals surface area (Å²) >= 11 is 5.43. The van der Waals surface area contributed by atoms with Gasteiger partial charge in [-0.25, -0.2) is 4.98 Å². The average molecular weight is 272 g/mol. The van der Waals surface area contributed by atoms with Crippen molar-refractivity contribution in [3.63, 3.8) is 0 Å². The fourth-order valence-corrected chi connectivity index (χ4v) is 2.84. The maximum Gasteiger partial charge on any atom is 0.139 e. The van der Waals surface area contributed by atoms with Gasteiger partial charge in [-0.3, -0.25) is 0 Å². The second-order valence-electron chi connectivity index (χ2n) is 4.79. The Balaban J connectivity index is 2.10. The molecule has 0 fully saturated rings. The summed E-state index contributed by atoms with van der Waals surface area (Å²) < 4.78 is 5.99. The Labute approximate surface area is 117 Å². The molecule has 0 spiro atoms. The molecular weight excluding hydrogens is 256 g/mol. The first kappa shape index (κ1) is 12.4. The average Bonchev–Trinajstić information content (AvgIpc) is 2.47. The Bertz CT molecular complexity index is 663. The fourth-order valence-electron chi connectivity index (χ4n) is 2.53. The molecule has 0 radical (unpaired) electrons. The van der Waals surface area contributed by atoms with Gasteiger partial charge in [-0.2, -0.15) is 0 Å². The number of H-pyrrole nitrogens is 1. The number of hydrogen-bond donors (Lipinski definition) is 1.